The van der Waals surface area contributed by atoms with Gasteiger partial charge in [0, 0.05) is 13.6 Å². The van der Waals surface area contributed by atoms with E-state index in [0.717, 1.165) is 12.8 Å². The van der Waals surface area contributed by atoms with Gasteiger partial charge in [-0.3, -0.25) is 4.79 Å². The molecule has 0 saturated heterocycles. The lowest BCUT2D eigenvalue weighted by atomic mass is 10.1. The number of benzene rings is 1. The summed E-state index contributed by atoms with van der Waals surface area (Å²) in [5, 5.41) is 0. The van der Waals surface area contributed by atoms with Crippen LogP contribution >= 0.6 is 0 Å². The summed E-state index contributed by atoms with van der Waals surface area (Å²) in [4.78, 5) is 13.7. The van der Waals surface area contributed by atoms with Gasteiger partial charge in [-0.2, -0.15) is 0 Å². The summed E-state index contributed by atoms with van der Waals surface area (Å²) in [7, 11) is 1.72. The van der Waals surface area contributed by atoms with E-state index in [0.29, 0.717) is 13.1 Å². The van der Waals surface area contributed by atoms with Gasteiger partial charge in [-0.1, -0.05) is 12.1 Å². The molecule has 0 atom stereocenters. The first-order chi connectivity index (χ1) is 9.09. The Morgan fingerprint density at radius 1 is 1.47 bits per heavy atom. The largest absolute Gasteiger partial charge is 0.489 e. The van der Waals surface area contributed by atoms with E-state index in [4.69, 9.17) is 10.5 Å². The van der Waals surface area contributed by atoms with Gasteiger partial charge < -0.3 is 15.4 Å². The third-order valence-electron chi connectivity index (χ3n) is 3.57. The molecule has 1 amide bonds. The average molecular weight is 266 g/mol. The molecule has 1 saturated carbocycles. The van der Waals surface area contributed by atoms with Gasteiger partial charge in [0.2, 0.25) is 5.91 Å². The van der Waals surface area contributed by atoms with E-state index in [1.54, 1.807) is 30.1 Å². The molecular weight excluding hydrogens is 247 g/mol. The fourth-order valence-electron chi connectivity index (χ4n) is 2.02. The van der Waals surface area contributed by atoms with Gasteiger partial charge in [0.15, 0.2) is 11.6 Å². The van der Waals surface area contributed by atoms with Crippen LogP contribution in [0.2, 0.25) is 0 Å². The van der Waals surface area contributed by atoms with Crippen molar-refractivity contribution in [2.45, 2.75) is 12.8 Å². The van der Waals surface area contributed by atoms with Gasteiger partial charge in [-0.25, -0.2) is 4.39 Å². The highest BCUT2D eigenvalue weighted by molar-refractivity contribution is 5.85. The van der Waals surface area contributed by atoms with Crippen molar-refractivity contribution < 1.29 is 13.9 Å². The van der Waals surface area contributed by atoms with E-state index in [2.05, 4.69) is 0 Å². The van der Waals surface area contributed by atoms with E-state index in [9.17, 15) is 9.18 Å². The van der Waals surface area contributed by atoms with Crippen molar-refractivity contribution >= 4 is 5.91 Å². The minimum Gasteiger partial charge on any atom is -0.489 e. The van der Waals surface area contributed by atoms with Crippen LogP contribution in [0.4, 0.5) is 4.39 Å². The molecule has 0 aromatic heterocycles. The van der Waals surface area contributed by atoms with Crippen molar-refractivity contribution in [2.75, 3.05) is 26.7 Å². The Morgan fingerprint density at radius 3 is 2.74 bits per heavy atom. The van der Waals surface area contributed by atoms with E-state index in [-0.39, 0.29) is 23.7 Å². The van der Waals surface area contributed by atoms with Crippen LogP contribution in [0.5, 0.6) is 5.75 Å². The average Bonchev–Trinajstić information content (AvgIpc) is 3.21. The molecule has 1 aromatic rings. The number of nitrogens with two attached hydrogens (primary N) is 1. The second-order valence-electron chi connectivity index (χ2n) is 4.99. The van der Waals surface area contributed by atoms with E-state index in [1.165, 1.54) is 6.07 Å². The van der Waals surface area contributed by atoms with Crippen LogP contribution < -0.4 is 10.5 Å². The van der Waals surface area contributed by atoms with Gasteiger partial charge >= 0.3 is 0 Å². The summed E-state index contributed by atoms with van der Waals surface area (Å²) in [5.74, 6) is -0.118. The SMILES string of the molecule is CN(CCOc1ccccc1F)C(=O)C1(CN)CC1. The third kappa shape index (κ3) is 3.04. The van der Waals surface area contributed by atoms with Crippen LogP contribution in [0.1, 0.15) is 12.8 Å². The minimum atomic E-state index is -0.392. The number of carbonyl (C=O) groups excluding carboxylic acids is 1. The lowest BCUT2D eigenvalue weighted by Gasteiger charge is -2.22. The van der Waals surface area contributed by atoms with Gasteiger partial charge in [0.05, 0.1) is 12.0 Å². The van der Waals surface area contributed by atoms with Gasteiger partial charge in [0.1, 0.15) is 6.61 Å². The number of hydrogen-bond donors (Lipinski definition) is 1. The molecule has 1 aliphatic carbocycles. The maximum absolute atomic E-state index is 13.3. The predicted octanol–water partition coefficient (Wildman–Crippen LogP) is 1.40. The molecular formula is C14H19FN2O2. The smallest absolute Gasteiger partial charge is 0.229 e. The Bertz CT molecular complexity index is 461. The zero-order chi connectivity index (χ0) is 13.9. The van der Waals surface area contributed by atoms with E-state index in [1.807, 2.05) is 0 Å². The number of nitrogens with zero attached hydrogens (tertiary/aromatic N) is 1. The van der Waals surface area contributed by atoms with Gasteiger partial charge in [0.25, 0.3) is 0 Å². The second kappa shape index (κ2) is 5.57. The number of para-hydroxylation sites is 1. The number of amides is 1. The Morgan fingerprint density at radius 2 is 2.16 bits per heavy atom. The molecule has 2 rings (SSSR count). The highest BCUT2D eigenvalue weighted by atomic mass is 19.1. The molecule has 0 unspecified atom stereocenters. The molecule has 0 spiro atoms. The number of carbonyl (C=O) groups is 1. The van der Waals surface area contributed by atoms with Crippen molar-refractivity contribution in [1.29, 1.82) is 0 Å². The van der Waals surface area contributed by atoms with Crippen molar-refractivity contribution in [3.63, 3.8) is 0 Å². The summed E-state index contributed by atoms with van der Waals surface area (Å²) in [6.07, 6.45) is 1.72. The van der Waals surface area contributed by atoms with Crippen LogP contribution in [0, 0.1) is 11.2 Å². The zero-order valence-electron chi connectivity index (χ0n) is 11.1. The van der Waals surface area contributed by atoms with Crippen LogP contribution in [0.25, 0.3) is 0 Å². The molecule has 104 valence electrons. The summed E-state index contributed by atoms with van der Waals surface area (Å²) >= 11 is 0. The number of rotatable bonds is 6. The molecule has 0 heterocycles. The molecule has 4 nitrogen and oxygen atoms in total. The lowest BCUT2D eigenvalue weighted by molar-refractivity contribution is -0.135. The Labute approximate surface area is 112 Å². The molecule has 0 aliphatic heterocycles. The fourth-order valence-corrected chi connectivity index (χ4v) is 2.02. The highest BCUT2D eigenvalue weighted by Gasteiger charge is 2.49. The van der Waals surface area contributed by atoms with Crippen molar-refractivity contribution in [2.24, 2.45) is 11.1 Å². The molecule has 0 bridgehead atoms. The van der Waals surface area contributed by atoms with Gasteiger partial charge in [-0.05, 0) is 25.0 Å². The standard InChI is InChI=1S/C14H19FN2O2/c1-17(13(18)14(10-16)6-7-14)8-9-19-12-5-3-2-4-11(12)15/h2-5H,6-10,16H2,1H3. The summed E-state index contributed by atoms with van der Waals surface area (Å²) in [6.45, 7) is 1.09. The molecule has 2 N–H and O–H groups in total. The highest BCUT2D eigenvalue weighted by Crippen LogP contribution is 2.45. The predicted molar refractivity (Wildman–Crippen MR) is 70.3 cm³/mol. The van der Waals surface area contributed by atoms with Crippen molar-refractivity contribution in [1.82, 2.24) is 4.90 Å². The Balaban J connectivity index is 1.80. The number of likely N-dealkylation sites (N-methyl/N-ethyl adjacent to an activating group) is 1. The Kier molecular flexibility index (Phi) is 4.04. The number of halogens is 1. The second-order valence-corrected chi connectivity index (χ2v) is 4.99. The minimum absolute atomic E-state index is 0.0622. The monoisotopic (exact) mass is 266 g/mol. The first-order valence-corrected chi connectivity index (χ1v) is 6.42. The zero-order valence-corrected chi connectivity index (χ0v) is 11.1. The first-order valence-electron chi connectivity index (χ1n) is 6.42. The molecule has 0 radical (unpaired) electrons. The number of hydrogen-bond acceptors (Lipinski definition) is 3. The van der Waals surface area contributed by atoms with Crippen molar-refractivity contribution in [3.8, 4) is 5.75 Å². The van der Waals surface area contributed by atoms with E-state index >= 15 is 0 Å². The quantitative estimate of drug-likeness (QED) is 0.847. The van der Waals surface area contributed by atoms with Crippen LogP contribution in [-0.4, -0.2) is 37.6 Å². The maximum atomic E-state index is 13.3. The molecule has 5 heteroatoms. The molecule has 1 aliphatic rings. The van der Waals surface area contributed by atoms with Crippen LogP contribution in [0.3, 0.4) is 0 Å². The first kappa shape index (κ1) is 13.8. The topological polar surface area (TPSA) is 55.6 Å². The van der Waals surface area contributed by atoms with Crippen molar-refractivity contribution in [3.05, 3.63) is 30.1 Å². The number of ether oxygens (including phenoxy) is 1. The Hall–Kier alpha value is -1.62. The van der Waals surface area contributed by atoms with Gasteiger partial charge in [-0.15, -0.1) is 0 Å². The molecule has 1 aromatic carbocycles. The fraction of sp³-hybridized carbons (Fsp3) is 0.500. The third-order valence-corrected chi connectivity index (χ3v) is 3.57. The van der Waals surface area contributed by atoms with E-state index < -0.39 is 5.82 Å². The normalized spacial score (nSPS) is 15.9. The summed E-state index contributed by atoms with van der Waals surface area (Å²) in [6, 6.07) is 6.23. The molecule has 19 heavy (non-hydrogen) atoms. The summed E-state index contributed by atoms with van der Waals surface area (Å²) < 4.78 is 18.6. The maximum Gasteiger partial charge on any atom is 0.229 e. The van der Waals surface area contributed by atoms with Crippen LogP contribution in [-0.2, 0) is 4.79 Å². The lowest BCUT2D eigenvalue weighted by Crippen LogP contribution is -2.40. The van der Waals surface area contributed by atoms with Crippen LogP contribution in [0.15, 0.2) is 24.3 Å². The summed E-state index contributed by atoms with van der Waals surface area (Å²) in [5.41, 5.74) is 5.28. The molecule has 1 fully saturated rings.